The van der Waals surface area contributed by atoms with Crippen molar-refractivity contribution in [3.8, 4) is 11.3 Å². The van der Waals surface area contributed by atoms with E-state index < -0.39 is 0 Å². The zero-order valence-electron chi connectivity index (χ0n) is 15.9. The molecular formula is C20H25N3O3S. The summed E-state index contributed by atoms with van der Waals surface area (Å²) in [5.74, 6) is -0.135. The molecule has 0 bridgehead atoms. The van der Waals surface area contributed by atoms with Crippen LogP contribution in [0, 0.1) is 19.8 Å². The molecule has 0 radical (unpaired) electrons. The number of aromatic nitrogens is 1. The van der Waals surface area contributed by atoms with Crippen LogP contribution in [0.4, 0.5) is 9.93 Å². The van der Waals surface area contributed by atoms with Crippen molar-refractivity contribution in [2.24, 2.45) is 5.92 Å². The van der Waals surface area contributed by atoms with E-state index in [1.807, 2.05) is 11.4 Å². The second kappa shape index (κ2) is 8.52. The highest BCUT2D eigenvalue weighted by Gasteiger charge is 2.28. The van der Waals surface area contributed by atoms with Crippen LogP contribution in [-0.2, 0) is 9.53 Å². The molecule has 144 valence electrons. The van der Waals surface area contributed by atoms with Gasteiger partial charge < -0.3 is 15.0 Å². The minimum atomic E-state index is -0.297. The number of benzene rings is 1. The number of ether oxygens (including phenoxy) is 1. The van der Waals surface area contributed by atoms with Crippen LogP contribution >= 0.6 is 11.3 Å². The lowest BCUT2D eigenvalue weighted by atomic mass is 9.96. The van der Waals surface area contributed by atoms with Gasteiger partial charge in [0.25, 0.3) is 0 Å². The Labute approximate surface area is 163 Å². The van der Waals surface area contributed by atoms with E-state index in [4.69, 9.17) is 4.74 Å². The average Bonchev–Trinajstić information content (AvgIpc) is 3.12. The molecule has 1 saturated heterocycles. The molecule has 1 fully saturated rings. The summed E-state index contributed by atoms with van der Waals surface area (Å²) in [5.41, 5.74) is 4.39. The Balaban J connectivity index is 1.57. The number of carbonyl (C=O) groups is 2. The van der Waals surface area contributed by atoms with E-state index in [1.165, 1.54) is 22.5 Å². The Morgan fingerprint density at radius 1 is 1.26 bits per heavy atom. The maximum atomic E-state index is 12.5. The van der Waals surface area contributed by atoms with Gasteiger partial charge in [-0.3, -0.25) is 4.79 Å². The predicted molar refractivity (Wildman–Crippen MR) is 107 cm³/mol. The third-order valence-electron chi connectivity index (χ3n) is 4.93. The van der Waals surface area contributed by atoms with Crippen LogP contribution in [0.3, 0.4) is 0 Å². The highest BCUT2D eigenvalue weighted by Crippen LogP contribution is 2.27. The first-order valence-electron chi connectivity index (χ1n) is 9.23. The van der Waals surface area contributed by atoms with E-state index in [1.54, 1.807) is 11.8 Å². The summed E-state index contributed by atoms with van der Waals surface area (Å²) in [7, 11) is 0. The van der Waals surface area contributed by atoms with E-state index in [0.717, 1.165) is 11.3 Å². The van der Waals surface area contributed by atoms with Gasteiger partial charge in [-0.1, -0.05) is 12.1 Å². The zero-order chi connectivity index (χ0) is 19.4. The molecule has 1 aromatic heterocycles. The Kier molecular flexibility index (Phi) is 6.11. The molecular weight excluding hydrogens is 362 g/mol. The highest BCUT2D eigenvalue weighted by atomic mass is 32.1. The number of likely N-dealkylation sites (tertiary alicyclic amines) is 1. The molecule has 2 amide bonds. The molecule has 1 aliphatic rings. The summed E-state index contributed by atoms with van der Waals surface area (Å²) in [6.45, 7) is 7.41. The normalized spacial score (nSPS) is 14.9. The van der Waals surface area contributed by atoms with Gasteiger partial charge >= 0.3 is 6.09 Å². The summed E-state index contributed by atoms with van der Waals surface area (Å²) >= 11 is 1.43. The second-order valence-corrected chi connectivity index (χ2v) is 7.64. The number of thiazole rings is 1. The first-order valence-corrected chi connectivity index (χ1v) is 10.1. The molecule has 0 saturated carbocycles. The minimum absolute atomic E-state index is 0.0282. The molecule has 2 aromatic rings. The molecule has 0 spiro atoms. The molecule has 1 N–H and O–H groups in total. The standard InChI is InChI=1S/C20H25N3O3S/c1-4-26-20(25)23-9-7-15(8-10-23)18(24)22-19-21-17(12-27-19)16-6-5-13(2)14(3)11-16/h5-6,11-12,15H,4,7-10H2,1-3H3,(H,21,22,24). The van der Waals surface area contributed by atoms with Crippen molar-refractivity contribution >= 4 is 28.5 Å². The number of rotatable bonds is 4. The Bertz CT molecular complexity index is 826. The summed E-state index contributed by atoms with van der Waals surface area (Å²) in [6.07, 6.45) is 0.981. The number of nitrogens with one attached hydrogen (secondary N) is 1. The summed E-state index contributed by atoms with van der Waals surface area (Å²) in [6, 6.07) is 6.24. The van der Waals surface area contributed by atoms with Gasteiger partial charge in [-0.05, 0) is 50.8 Å². The fraction of sp³-hybridized carbons (Fsp3) is 0.450. The van der Waals surface area contributed by atoms with E-state index >= 15 is 0 Å². The SMILES string of the molecule is CCOC(=O)N1CCC(C(=O)Nc2nc(-c3ccc(C)c(C)c3)cs2)CC1. The number of hydrogen-bond acceptors (Lipinski definition) is 5. The maximum Gasteiger partial charge on any atom is 0.409 e. The van der Waals surface area contributed by atoms with Crippen LogP contribution < -0.4 is 5.32 Å². The zero-order valence-corrected chi connectivity index (χ0v) is 16.8. The smallest absolute Gasteiger partial charge is 0.409 e. The van der Waals surface area contributed by atoms with Crippen LogP contribution in [0.25, 0.3) is 11.3 Å². The first-order chi connectivity index (χ1) is 13.0. The number of carbonyl (C=O) groups excluding carboxylic acids is 2. The number of aryl methyl sites for hydroxylation is 2. The highest BCUT2D eigenvalue weighted by molar-refractivity contribution is 7.14. The lowest BCUT2D eigenvalue weighted by Gasteiger charge is -2.30. The van der Waals surface area contributed by atoms with Gasteiger partial charge in [0.15, 0.2) is 5.13 Å². The average molecular weight is 388 g/mol. The van der Waals surface area contributed by atoms with Crippen LogP contribution in [0.1, 0.15) is 30.9 Å². The molecule has 27 heavy (non-hydrogen) atoms. The number of amides is 2. The molecule has 1 aliphatic heterocycles. The van der Waals surface area contributed by atoms with E-state index in [2.05, 4.69) is 36.3 Å². The quantitative estimate of drug-likeness (QED) is 0.852. The van der Waals surface area contributed by atoms with Crippen LogP contribution in [0.2, 0.25) is 0 Å². The monoisotopic (exact) mass is 387 g/mol. The second-order valence-electron chi connectivity index (χ2n) is 6.79. The lowest BCUT2D eigenvalue weighted by molar-refractivity contribution is -0.121. The number of nitrogens with zero attached hydrogens (tertiary/aromatic N) is 2. The summed E-state index contributed by atoms with van der Waals surface area (Å²) in [5, 5.41) is 5.50. The van der Waals surface area contributed by atoms with Crippen LogP contribution in [-0.4, -0.2) is 41.6 Å². The molecule has 0 aliphatic carbocycles. The van der Waals surface area contributed by atoms with Crippen molar-refractivity contribution in [1.82, 2.24) is 9.88 Å². The number of piperidine rings is 1. The van der Waals surface area contributed by atoms with Gasteiger partial charge in [-0.2, -0.15) is 0 Å². The fourth-order valence-corrected chi connectivity index (χ4v) is 3.83. The molecule has 0 unspecified atom stereocenters. The molecule has 7 heteroatoms. The van der Waals surface area contributed by atoms with Crippen LogP contribution in [0.5, 0.6) is 0 Å². The summed E-state index contributed by atoms with van der Waals surface area (Å²) < 4.78 is 5.01. The van der Waals surface area contributed by atoms with E-state index in [-0.39, 0.29) is 17.9 Å². The lowest BCUT2D eigenvalue weighted by Crippen LogP contribution is -2.41. The predicted octanol–water partition coefficient (Wildman–Crippen LogP) is 4.23. The Morgan fingerprint density at radius 3 is 2.67 bits per heavy atom. The number of hydrogen-bond donors (Lipinski definition) is 1. The largest absolute Gasteiger partial charge is 0.450 e. The van der Waals surface area contributed by atoms with Crippen molar-refractivity contribution in [2.75, 3.05) is 25.0 Å². The maximum absolute atomic E-state index is 12.5. The van der Waals surface area contributed by atoms with Crippen molar-refractivity contribution < 1.29 is 14.3 Å². The van der Waals surface area contributed by atoms with E-state index in [0.29, 0.717) is 37.7 Å². The van der Waals surface area contributed by atoms with Gasteiger partial charge in [-0.25, -0.2) is 9.78 Å². The third kappa shape index (κ3) is 4.66. The van der Waals surface area contributed by atoms with Crippen LogP contribution in [0.15, 0.2) is 23.6 Å². The van der Waals surface area contributed by atoms with Crippen molar-refractivity contribution in [2.45, 2.75) is 33.6 Å². The van der Waals surface area contributed by atoms with Gasteiger partial charge in [0.2, 0.25) is 5.91 Å². The Morgan fingerprint density at radius 2 is 2.00 bits per heavy atom. The number of anilines is 1. The molecule has 0 atom stereocenters. The minimum Gasteiger partial charge on any atom is -0.450 e. The third-order valence-corrected chi connectivity index (χ3v) is 5.69. The van der Waals surface area contributed by atoms with Gasteiger partial charge in [0, 0.05) is 30.0 Å². The van der Waals surface area contributed by atoms with Crippen molar-refractivity contribution in [3.63, 3.8) is 0 Å². The topological polar surface area (TPSA) is 71.5 Å². The van der Waals surface area contributed by atoms with Gasteiger partial charge in [0.05, 0.1) is 12.3 Å². The molecule has 3 rings (SSSR count). The van der Waals surface area contributed by atoms with Gasteiger partial charge in [0.1, 0.15) is 0 Å². The molecule has 1 aromatic carbocycles. The van der Waals surface area contributed by atoms with E-state index in [9.17, 15) is 9.59 Å². The Hall–Kier alpha value is -2.41. The van der Waals surface area contributed by atoms with Crippen molar-refractivity contribution in [1.29, 1.82) is 0 Å². The molecule has 6 nitrogen and oxygen atoms in total. The summed E-state index contributed by atoms with van der Waals surface area (Å²) in [4.78, 5) is 30.5. The van der Waals surface area contributed by atoms with Gasteiger partial charge in [-0.15, -0.1) is 11.3 Å². The molecule has 2 heterocycles. The fourth-order valence-electron chi connectivity index (χ4n) is 3.11. The first kappa shape index (κ1) is 19.4. The van der Waals surface area contributed by atoms with Crippen molar-refractivity contribution in [3.05, 3.63) is 34.7 Å².